The van der Waals surface area contributed by atoms with Crippen LogP contribution in [0.4, 0.5) is 5.69 Å². The molecule has 3 heteroatoms. The predicted octanol–water partition coefficient (Wildman–Crippen LogP) is 2.30. The van der Waals surface area contributed by atoms with Gasteiger partial charge in [-0.15, -0.1) is 0 Å². The number of aryl methyl sites for hydroxylation is 1. The number of anilines is 1. The maximum absolute atomic E-state index is 11.9. The summed E-state index contributed by atoms with van der Waals surface area (Å²) in [6.45, 7) is 5.57. The number of likely N-dealkylation sites (N-methyl/N-ethyl adjacent to an activating group) is 1. The number of carbonyl (C=O) groups is 1. The minimum absolute atomic E-state index is 0.177. The molecule has 0 aliphatic carbocycles. The van der Waals surface area contributed by atoms with Gasteiger partial charge in [0.05, 0.1) is 0 Å². The maximum atomic E-state index is 11.9. The Morgan fingerprint density at radius 2 is 1.71 bits per heavy atom. The number of amides is 1. The minimum atomic E-state index is 0.177. The van der Waals surface area contributed by atoms with E-state index in [1.165, 1.54) is 5.56 Å². The summed E-state index contributed by atoms with van der Waals surface area (Å²) in [6.07, 6.45) is 0.543. The number of benzene rings is 1. The van der Waals surface area contributed by atoms with Crippen LogP contribution in [0.1, 0.15) is 18.9 Å². The van der Waals surface area contributed by atoms with E-state index >= 15 is 0 Å². The van der Waals surface area contributed by atoms with Crippen molar-refractivity contribution in [3.63, 3.8) is 0 Å². The first-order chi connectivity index (χ1) is 8.04. The summed E-state index contributed by atoms with van der Waals surface area (Å²) in [5, 5.41) is 0. The molecule has 0 spiro atoms. The monoisotopic (exact) mass is 234 g/mol. The van der Waals surface area contributed by atoms with Gasteiger partial charge < -0.3 is 9.80 Å². The molecule has 1 aromatic carbocycles. The topological polar surface area (TPSA) is 23.6 Å². The lowest BCUT2D eigenvalue weighted by atomic mass is 10.2. The van der Waals surface area contributed by atoms with Crippen molar-refractivity contribution in [2.75, 3.05) is 32.1 Å². The molecule has 0 aromatic heterocycles. The second kappa shape index (κ2) is 6.40. The molecule has 94 valence electrons. The van der Waals surface area contributed by atoms with E-state index < -0.39 is 0 Å². The molecule has 1 rings (SSSR count). The van der Waals surface area contributed by atoms with E-state index in [1.54, 1.807) is 0 Å². The standard InChI is InChI=1S/C14H22N2O/c1-5-14(17)16(11-10-15(3)4)13-8-6-12(2)7-9-13/h6-9H,5,10-11H2,1-4H3. The Balaban J connectivity index is 2.82. The molecule has 0 unspecified atom stereocenters. The highest BCUT2D eigenvalue weighted by molar-refractivity contribution is 5.93. The van der Waals surface area contributed by atoms with E-state index in [9.17, 15) is 4.79 Å². The fraction of sp³-hybridized carbons (Fsp3) is 0.500. The molecule has 0 saturated heterocycles. The van der Waals surface area contributed by atoms with Crippen molar-refractivity contribution in [2.45, 2.75) is 20.3 Å². The van der Waals surface area contributed by atoms with Gasteiger partial charge in [0.15, 0.2) is 0 Å². The summed E-state index contributed by atoms with van der Waals surface area (Å²) in [7, 11) is 4.04. The third-order valence-corrected chi connectivity index (χ3v) is 2.72. The second-order valence-corrected chi connectivity index (χ2v) is 4.54. The van der Waals surface area contributed by atoms with Gasteiger partial charge in [0, 0.05) is 25.2 Å². The smallest absolute Gasteiger partial charge is 0.226 e. The zero-order valence-corrected chi connectivity index (χ0v) is 11.2. The Morgan fingerprint density at radius 3 is 2.18 bits per heavy atom. The highest BCUT2D eigenvalue weighted by atomic mass is 16.2. The second-order valence-electron chi connectivity index (χ2n) is 4.54. The van der Waals surface area contributed by atoms with Crippen molar-refractivity contribution in [1.29, 1.82) is 0 Å². The SMILES string of the molecule is CCC(=O)N(CCN(C)C)c1ccc(C)cc1. The molecule has 0 N–H and O–H groups in total. The van der Waals surface area contributed by atoms with Gasteiger partial charge in [-0.1, -0.05) is 24.6 Å². The minimum Gasteiger partial charge on any atom is -0.311 e. The zero-order valence-electron chi connectivity index (χ0n) is 11.2. The zero-order chi connectivity index (χ0) is 12.8. The molecule has 3 nitrogen and oxygen atoms in total. The third kappa shape index (κ3) is 4.19. The van der Waals surface area contributed by atoms with Crippen molar-refractivity contribution in [1.82, 2.24) is 4.90 Å². The van der Waals surface area contributed by atoms with Crippen LogP contribution < -0.4 is 4.90 Å². The molecule has 0 aliphatic rings. The van der Waals surface area contributed by atoms with Gasteiger partial charge in [0.2, 0.25) is 5.91 Å². The van der Waals surface area contributed by atoms with Crippen LogP contribution in [0.3, 0.4) is 0 Å². The van der Waals surface area contributed by atoms with Crippen molar-refractivity contribution < 1.29 is 4.79 Å². The summed E-state index contributed by atoms with van der Waals surface area (Å²) in [6, 6.07) is 8.11. The first kappa shape index (κ1) is 13.7. The first-order valence-electron chi connectivity index (χ1n) is 6.06. The van der Waals surface area contributed by atoms with Gasteiger partial charge in [-0.2, -0.15) is 0 Å². The van der Waals surface area contributed by atoms with E-state index in [1.807, 2.05) is 50.2 Å². The van der Waals surface area contributed by atoms with Gasteiger partial charge in [0.1, 0.15) is 0 Å². The van der Waals surface area contributed by atoms with E-state index in [-0.39, 0.29) is 5.91 Å². The van der Waals surface area contributed by atoms with Crippen LogP contribution in [0.15, 0.2) is 24.3 Å². The van der Waals surface area contributed by atoms with Gasteiger partial charge in [-0.05, 0) is 33.2 Å². The largest absolute Gasteiger partial charge is 0.311 e. The Hall–Kier alpha value is -1.35. The van der Waals surface area contributed by atoms with Crippen LogP contribution in [0.2, 0.25) is 0 Å². The summed E-state index contributed by atoms with van der Waals surface area (Å²) in [5.74, 6) is 0.177. The predicted molar refractivity (Wildman–Crippen MR) is 72.4 cm³/mol. The van der Waals surface area contributed by atoms with Crippen molar-refractivity contribution >= 4 is 11.6 Å². The summed E-state index contributed by atoms with van der Waals surface area (Å²) >= 11 is 0. The van der Waals surface area contributed by atoms with Crippen LogP contribution in [0.25, 0.3) is 0 Å². The van der Waals surface area contributed by atoms with E-state index in [0.717, 1.165) is 18.8 Å². The van der Waals surface area contributed by atoms with Crippen molar-refractivity contribution in [2.24, 2.45) is 0 Å². The molecule has 1 aromatic rings. The number of hydrogen-bond donors (Lipinski definition) is 0. The normalized spacial score (nSPS) is 10.6. The lowest BCUT2D eigenvalue weighted by Gasteiger charge is -2.24. The molecule has 0 heterocycles. The molecule has 0 atom stereocenters. The highest BCUT2D eigenvalue weighted by Gasteiger charge is 2.13. The average molecular weight is 234 g/mol. The summed E-state index contributed by atoms with van der Waals surface area (Å²) < 4.78 is 0. The molecule has 17 heavy (non-hydrogen) atoms. The average Bonchev–Trinajstić information content (AvgIpc) is 2.30. The number of carbonyl (C=O) groups excluding carboxylic acids is 1. The summed E-state index contributed by atoms with van der Waals surface area (Å²) in [4.78, 5) is 15.9. The Labute approximate surface area is 104 Å². The van der Waals surface area contributed by atoms with Crippen LogP contribution in [0, 0.1) is 6.92 Å². The fourth-order valence-electron chi connectivity index (χ4n) is 1.61. The molecule has 0 bridgehead atoms. The van der Waals surface area contributed by atoms with Gasteiger partial charge in [-0.25, -0.2) is 0 Å². The molecule has 0 saturated carbocycles. The van der Waals surface area contributed by atoms with E-state index in [2.05, 4.69) is 11.8 Å². The molecule has 0 aliphatic heterocycles. The Bertz CT molecular complexity index is 357. The van der Waals surface area contributed by atoms with E-state index in [4.69, 9.17) is 0 Å². The van der Waals surface area contributed by atoms with Crippen LogP contribution in [0.5, 0.6) is 0 Å². The third-order valence-electron chi connectivity index (χ3n) is 2.72. The first-order valence-corrected chi connectivity index (χ1v) is 6.06. The lowest BCUT2D eigenvalue weighted by molar-refractivity contribution is -0.118. The Kier molecular flexibility index (Phi) is 5.16. The fourth-order valence-corrected chi connectivity index (χ4v) is 1.61. The van der Waals surface area contributed by atoms with Gasteiger partial charge >= 0.3 is 0 Å². The van der Waals surface area contributed by atoms with Crippen LogP contribution in [-0.2, 0) is 4.79 Å². The number of hydrogen-bond acceptors (Lipinski definition) is 2. The number of rotatable bonds is 5. The quantitative estimate of drug-likeness (QED) is 0.780. The van der Waals surface area contributed by atoms with Crippen LogP contribution >= 0.6 is 0 Å². The van der Waals surface area contributed by atoms with E-state index in [0.29, 0.717) is 6.42 Å². The molecule has 0 radical (unpaired) electrons. The highest BCUT2D eigenvalue weighted by Crippen LogP contribution is 2.16. The maximum Gasteiger partial charge on any atom is 0.226 e. The molecular weight excluding hydrogens is 212 g/mol. The summed E-state index contributed by atoms with van der Waals surface area (Å²) in [5.41, 5.74) is 2.20. The van der Waals surface area contributed by atoms with Crippen LogP contribution in [-0.4, -0.2) is 38.0 Å². The Morgan fingerprint density at radius 1 is 1.12 bits per heavy atom. The lowest BCUT2D eigenvalue weighted by Crippen LogP contribution is -2.36. The van der Waals surface area contributed by atoms with Gasteiger partial charge in [0.25, 0.3) is 0 Å². The van der Waals surface area contributed by atoms with Gasteiger partial charge in [-0.3, -0.25) is 4.79 Å². The van der Waals surface area contributed by atoms with Crippen molar-refractivity contribution in [3.8, 4) is 0 Å². The van der Waals surface area contributed by atoms with Crippen molar-refractivity contribution in [3.05, 3.63) is 29.8 Å². The molecule has 1 amide bonds. The molecular formula is C14H22N2O. The molecule has 0 fully saturated rings. The number of nitrogens with zero attached hydrogens (tertiary/aromatic N) is 2.